The third-order valence-electron chi connectivity index (χ3n) is 6.04. The Morgan fingerprint density at radius 3 is 2.43 bits per heavy atom. The summed E-state index contributed by atoms with van der Waals surface area (Å²) in [5.41, 5.74) is 0.0984. The lowest BCUT2D eigenvalue weighted by molar-refractivity contribution is -0.150. The number of fused-ring (bicyclic) bond motifs is 1. The van der Waals surface area contributed by atoms with Gasteiger partial charge in [-0.2, -0.15) is 5.10 Å². The van der Waals surface area contributed by atoms with Gasteiger partial charge in [0.25, 0.3) is 5.91 Å². The van der Waals surface area contributed by atoms with Crippen LogP contribution in [0.3, 0.4) is 0 Å². The maximum Gasteiger partial charge on any atom is 0.336 e. The number of rotatable bonds is 8. The highest BCUT2D eigenvalue weighted by Gasteiger charge is 2.42. The normalized spacial score (nSPS) is 12.8. The van der Waals surface area contributed by atoms with Crippen LogP contribution >= 0.6 is 0 Å². The van der Waals surface area contributed by atoms with Gasteiger partial charge in [0, 0.05) is 25.0 Å². The zero-order valence-corrected chi connectivity index (χ0v) is 21.1. The van der Waals surface area contributed by atoms with Crippen LogP contribution in [0.2, 0.25) is 0 Å². The molecule has 1 atom stereocenters. The van der Waals surface area contributed by atoms with Gasteiger partial charge in [0.2, 0.25) is 0 Å². The van der Waals surface area contributed by atoms with Crippen LogP contribution in [0.25, 0.3) is 5.65 Å². The number of carbonyl (C=O) groups is 2. The number of ether oxygens (including phenoxy) is 2. The van der Waals surface area contributed by atoms with Crippen molar-refractivity contribution in [2.45, 2.75) is 39.8 Å². The molecule has 1 unspecified atom stereocenters. The molecule has 4 aromatic rings. The Labute approximate surface area is 212 Å². The van der Waals surface area contributed by atoms with Gasteiger partial charge in [-0.3, -0.25) is 13.9 Å². The molecule has 0 saturated heterocycles. The molecule has 37 heavy (non-hydrogen) atoms. The molecule has 11 heteroatoms. The monoisotopic (exact) mass is 511 g/mol. The molecule has 0 radical (unpaired) electrons. The maximum absolute atomic E-state index is 14.1. The van der Waals surface area contributed by atoms with Crippen molar-refractivity contribution in [1.29, 1.82) is 0 Å². The first kappa shape index (κ1) is 25.8. The second-order valence-electron chi connectivity index (χ2n) is 8.70. The highest BCUT2D eigenvalue weighted by atomic mass is 19.1. The molecule has 3 heterocycles. The molecular formula is C26H27F2N5O4. The lowest BCUT2D eigenvalue weighted by Crippen LogP contribution is -2.51. The average Bonchev–Trinajstić information content (AvgIpc) is 3.36. The van der Waals surface area contributed by atoms with E-state index in [0.717, 1.165) is 12.1 Å². The predicted molar refractivity (Wildman–Crippen MR) is 130 cm³/mol. The largest absolute Gasteiger partial charge is 0.485 e. The molecule has 1 N–H and O–H groups in total. The lowest BCUT2D eigenvalue weighted by atomic mass is 9.92. The van der Waals surface area contributed by atoms with E-state index in [1.807, 2.05) is 0 Å². The van der Waals surface area contributed by atoms with E-state index in [9.17, 15) is 18.4 Å². The van der Waals surface area contributed by atoms with E-state index < -0.39 is 29.0 Å². The van der Waals surface area contributed by atoms with Crippen molar-refractivity contribution in [3.8, 4) is 5.75 Å². The molecule has 0 fully saturated rings. The number of aromatic nitrogens is 4. The van der Waals surface area contributed by atoms with Crippen molar-refractivity contribution in [2.75, 3.05) is 6.61 Å². The molecule has 0 spiro atoms. The number of hydrogen-bond acceptors (Lipinski definition) is 6. The first-order chi connectivity index (χ1) is 17.6. The van der Waals surface area contributed by atoms with Crippen molar-refractivity contribution in [3.05, 3.63) is 82.6 Å². The Hall–Kier alpha value is -4.28. The van der Waals surface area contributed by atoms with Gasteiger partial charge in [-0.15, -0.1) is 0 Å². The molecule has 0 aliphatic heterocycles. The summed E-state index contributed by atoms with van der Waals surface area (Å²) in [5.74, 6) is -2.45. The minimum atomic E-state index is -1.53. The number of esters is 1. The summed E-state index contributed by atoms with van der Waals surface area (Å²) < 4.78 is 42.1. The Bertz CT molecular complexity index is 1480. The van der Waals surface area contributed by atoms with Gasteiger partial charge in [0.05, 0.1) is 23.6 Å². The van der Waals surface area contributed by atoms with Crippen LogP contribution < -0.4 is 10.1 Å². The van der Waals surface area contributed by atoms with Crippen LogP contribution in [0.15, 0.2) is 42.7 Å². The summed E-state index contributed by atoms with van der Waals surface area (Å²) in [6.45, 7) is 6.37. The van der Waals surface area contributed by atoms with E-state index in [1.165, 1.54) is 10.5 Å². The molecule has 0 aliphatic rings. The van der Waals surface area contributed by atoms with Crippen LogP contribution in [-0.4, -0.2) is 37.6 Å². The van der Waals surface area contributed by atoms with Crippen molar-refractivity contribution in [2.24, 2.45) is 7.05 Å². The summed E-state index contributed by atoms with van der Waals surface area (Å²) in [6, 6.07) is 6.77. The first-order valence-electron chi connectivity index (χ1n) is 11.6. The molecule has 9 nitrogen and oxygen atoms in total. The number of aryl methyl sites for hydroxylation is 3. The SMILES string of the molecule is CCOC(=O)C(C)(NC(=O)c1c(C)nc2c(OCc3c(F)cccc3F)cccn12)c1cn(C)nc1C. The zero-order valence-electron chi connectivity index (χ0n) is 21.1. The number of benzene rings is 1. The number of imidazole rings is 1. The maximum atomic E-state index is 14.1. The summed E-state index contributed by atoms with van der Waals surface area (Å²) >= 11 is 0. The molecule has 1 amide bonds. The zero-order chi connectivity index (χ0) is 26.9. The highest BCUT2D eigenvalue weighted by molar-refractivity contribution is 5.99. The van der Waals surface area contributed by atoms with Gasteiger partial charge in [0.15, 0.2) is 16.9 Å². The Balaban J connectivity index is 1.69. The van der Waals surface area contributed by atoms with E-state index in [1.54, 1.807) is 64.0 Å². The second kappa shape index (κ2) is 10.00. The molecule has 0 aliphatic carbocycles. The minimum absolute atomic E-state index is 0.127. The van der Waals surface area contributed by atoms with Crippen molar-refractivity contribution in [3.63, 3.8) is 0 Å². The van der Waals surface area contributed by atoms with Crippen molar-refractivity contribution < 1.29 is 27.8 Å². The molecule has 0 saturated carbocycles. The van der Waals surface area contributed by atoms with Gasteiger partial charge in [0.1, 0.15) is 23.9 Å². The van der Waals surface area contributed by atoms with Crippen LogP contribution in [0.4, 0.5) is 8.78 Å². The molecular weight excluding hydrogens is 484 g/mol. The molecule has 1 aromatic carbocycles. The smallest absolute Gasteiger partial charge is 0.336 e. The minimum Gasteiger partial charge on any atom is -0.485 e. The first-order valence-corrected chi connectivity index (χ1v) is 11.6. The fourth-order valence-corrected chi connectivity index (χ4v) is 4.24. The van der Waals surface area contributed by atoms with E-state index in [2.05, 4.69) is 15.4 Å². The Morgan fingerprint density at radius 2 is 1.81 bits per heavy atom. The predicted octanol–water partition coefficient (Wildman–Crippen LogP) is 3.75. The van der Waals surface area contributed by atoms with E-state index in [4.69, 9.17) is 9.47 Å². The fraction of sp³-hybridized carbons (Fsp3) is 0.308. The molecule has 3 aromatic heterocycles. The van der Waals surface area contributed by atoms with Gasteiger partial charge >= 0.3 is 5.97 Å². The second-order valence-corrected chi connectivity index (χ2v) is 8.70. The number of hydrogen-bond donors (Lipinski definition) is 1. The van der Waals surface area contributed by atoms with Crippen molar-refractivity contribution in [1.82, 2.24) is 24.5 Å². The Kier molecular flexibility index (Phi) is 6.97. The summed E-state index contributed by atoms with van der Waals surface area (Å²) in [6.07, 6.45) is 3.26. The molecule has 194 valence electrons. The van der Waals surface area contributed by atoms with Crippen LogP contribution in [-0.2, 0) is 28.7 Å². The lowest BCUT2D eigenvalue weighted by Gasteiger charge is -2.28. The van der Waals surface area contributed by atoms with Crippen LogP contribution in [0, 0.1) is 25.5 Å². The van der Waals surface area contributed by atoms with Gasteiger partial charge in [-0.05, 0) is 52.0 Å². The number of pyridine rings is 1. The molecule has 0 bridgehead atoms. The topological polar surface area (TPSA) is 99.7 Å². The van der Waals surface area contributed by atoms with E-state index in [0.29, 0.717) is 17.0 Å². The van der Waals surface area contributed by atoms with Gasteiger partial charge < -0.3 is 14.8 Å². The number of nitrogens with zero attached hydrogens (tertiary/aromatic N) is 4. The van der Waals surface area contributed by atoms with E-state index in [-0.39, 0.29) is 35.9 Å². The van der Waals surface area contributed by atoms with E-state index >= 15 is 0 Å². The fourth-order valence-electron chi connectivity index (χ4n) is 4.24. The van der Waals surface area contributed by atoms with Crippen LogP contribution in [0.1, 0.15) is 46.9 Å². The molecule has 4 rings (SSSR count). The van der Waals surface area contributed by atoms with Gasteiger partial charge in [-0.1, -0.05) is 6.07 Å². The third kappa shape index (κ3) is 4.76. The standard InChI is InChI=1S/C26H27F2N5O4/c1-6-36-25(35)26(4,18-13-32(5)31-15(18)2)30-24(34)22-16(3)29-23-21(11-8-12-33(22)23)37-14-17-19(27)9-7-10-20(17)28/h7-13H,6,14H2,1-5H3,(H,30,34). The summed E-state index contributed by atoms with van der Waals surface area (Å²) in [4.78, 5) is 31.1. The number of carbonyl (C=O) groups excluding carboxylic acids is 2. The third-order valence-corrected chi connectivity index (χ3v) is 6.04. The average molecular weight is 512 g/mol. The quantitative estimate of drug-likeness (QED) is 0.362. The summed E-state index contributed by atoms with van der Waals surface area (Å²) in [5, 5.41) is 7.11. The Morgan fingerprint density at radius 1 is 1.11 bits per heavy atom. The highest BCUT2D eigenvalue weighted by Crippen LogP contribution is 2.28. The number of nitrogens with one attached hydrogen (secondary N) is 1. The van der Waals surface area contributed by atoms with Crippen molar-refractivity contribution >= 4 is 17.5 Å². The summed E-state index contributed by atoms with van der Waals surface area (Å²) in [7, 11) is 1.72. The van der Waals surface area contributed by atoms with Gasteiger partial charge in [-0.25, -0.2) is 18.6 Å². The number of halogens is 2. The van der Waals surface area contributed by atoms with Crippen LogP contribution in [0.5, 0.6) is 5.75 Å². The number of amides is 1.